The molecular weight excluding hydrogens is 444 g/mol. The van der Waals surface area contributed by atoms with Crippen LogP contribution in [0.15, 0.2) is 29.2 Å². The number of nitrogens with one attached hydrogen (secondary N) is 2. The first kappa shape index (κ1) is 22.0. The van der Waals surface area contributed by atoms with E-state index >= 15 is 0 Å². The lowest BCUT2D eigenvalue weighted by molar-refractivity contribution is -0.0149. The number of carbonyl (C=O) groups excluding carboxylic acids is 1. The second kappa shape index (κ2) is 8.36. The highest BCUT2D eigenvalue weighted by atomic mass is 32.2. The summed E-state index contributed by atoms with van der Waals surface area (Å²) in [6.07, 6.45) is 0.618. The largest absolute Gasteiger partial charge is 0.502 e. The first-order valence-electron chi connectivity index (χ1n) is 9.57. The summed E-state index contributed by atoms with van der Waals surface area (Å²) in [5.41, 5.74) is -1.27. The Labute approximate surface area is 185 Å². The molecular formula is C20H19F2N5O4S. The van der Waals surface area contributed by atoms with E-state index in [1.54, 1.807) is 12.1 Å². The van der Waals surface area contributed by atoms with Crippen molar-refractivity contribution >= 4 is 27.8 Å². The second-order valence-electron chi connectivity index (χ2n) is 7.31. The van der Waals surface area contributed by atoms with Crippen LogP contribution in [-0.4, -0.2) is 63.6 Å². The van der Waals surface area contributed by atoms with Crippen LogP contribution in [-0.2, 0) is 11.2 Å². The highest BCUT2D eigenvalue weighted by molar-refractivity contribution is 8.26. The highest BCUT2D eigenvalue weighted by Crippen LogP contribution is 2.26. The number of carbonyl (C=O) groups is 1. The number of ether oxygens (including phenoxy) is 1. The van der Waals surface area contributed by atoms with Crippen LogP contribution in [0.4, 0.5) is 8.78 Å². The van der Waals surface area contributed by atoms with Gasteiger partial charge in [-0.15, -0.1) is 0 Å². The van der Waals surface area contributed by atoms with Crippen LogP contribution in [0, 0.1) is 22.5 Å². The van der Waals surface area contributed by atoms with Crippen molar-refractivity contribution in [2.75, 3.05) is 31.8 Å². The van der Waals surface area contributed by atoms with Gasteiger partial charge in [0.2, 0.25) is 5.43 Å². The van der Waals surface area contributed by atoms with Gasteiger partial charge < -0.3 is 14.7 Å². The van der Waals surface area contributed by atoms with Crippen LogP contribution in [0.3, 0.4) is 0 Å². The molecule has 168 valence electrons. The smallest absolute Gasteiger partial charge is 0.278 e. The first-order valence-corrected chi connectivity index (χ1v) is 10.4. The number of amides is 1. The second-order valence-corrected chi connectivity index (χ2v) is 8.41. The lowest BCUT2D eigenvalue weighted by atomic mass is 10.1. The van der Waals surface area contributed by atoms with Gasteiger partial charge in [0.25, 0.3) is 5.91 Å². The number of nitrogens with zero attached hydrogens (tertiary/aromatic N) is 3. The van der Waals surface area contributed by atoms with Gasteiger partial charge >= 0.3 is 0 Å². The molecule has 4 rings (SSSR count). The van der Waals surface area contributed by atoms with E-state index in [4.69, 9.17) is 15.6 Å². The Hall–Kier alpha value is -3.25. The quantitative estimate of drug-likeness (QED) is 0.468. The number of pyridine rings is 1. The van der Waals surface area contributed by atoms with Crippen LogP contribution in [0.1, 0.15) is 21.6 Å². The minimum Gasteiger partial charge on any atom is -0.502 e. The van der Waals surface area contributed by atoms with E-state index in [0.717, 1.165) is 6.07 Å². The zero-order valence-corrected chi connectivity index (χ0v) is 17.7. The Kier molecular flexibility index (Phi) is 5.73. The van der Waals surface area contributed by atoms with Gasteiger partial charge in [-0.3, -0.25) is 30.1 Å². The number of aromatic nitrogens is 1. The van der Waals surface area contributed by atoms with Crippen molar-refractivity contribution < 1.29 is 23.4 Å². The molecule has 12 heteroatoms. The molecule has 2 aliphatic heterocycles. The monoisotopic (exact) mass is 463 g/mol. The Morgan fingerprint density at radius 2 is 2.06 bits per heavy atom. The predicted molar refractivity (Wildman–Crippen MR) is 114 cm³/mol. The van der Waals surface area contributed by atoms with Crippen LogP contribution in [0.2, 0.25) is 0 Å². The summed E-state index contributed by atoms with van der Waals surface area (Å²) in [6, 6.07) is 2.99. The topological polar surface area (TPSA) is 123 Å². The molecule has 1 aromatic heterocycles. The molecule has 2 aromatic rings. The minimum atomic E-state index is -0.914. The fraction of sp³-hybridized carbons (Fsp3) is 0.300. The average Bonchev–Trinajstić information content (AvgIpc) is 2.75. The lowest BCUT2D eigenvalue weighted by Crippen LogP contribution is -2.64. The molecule has 0 spiro atoms. The van der Waals surface area contributed by atoms with Gasteiger partial charge in [-0.25, -0.2) is 8.78 Å². The molecule has 1 atom stereocenters. The molecule has 1 aromatic carbocycles. The Morgan fingerprint density at radius 1 is 1.31 bits per heavy atom. The van der Waals surface area contributed by atoms with Crippen molar-refractivity contribution in [3.05, 3.63) is 63.1 Å². The van der Waals surface area contributed by atoms with E-state index in [2.05, 4.69) is 0 Å². The van der Waals surface area contributed by atoms with E-state index < -0.39 is 34.9 Å². The number of aromatic hydroxyl groups is 1. The number of halogens is 2. The van der Waals surface area contributed by atoms with Gasteiger partial charge in [-0.1, -0.05) is 17.8 Å². The van der Waals surface area contributed by atoms with Gasteiger partial charge in [0.1, 0.15) is 22.8 Å². The maximum Gasteiger partial charge on any atom is 0.278 e. The molecule has 0 bridgehead atoms. The first-order chi connectivity index (χ1) is 15.2. The minimum absolute atomic E-state index is 0.0735. The average molecular weight is 463 g/mol. The predicted octanol–water partition coefficient (Wildman–Crippen LogP) is 1.49. The highest BCUT2D eigenvalue weighted by Gasteiger charge is 2.40. The number of morpholine rings is 1. The maximum atomic E-state index is 13.9. The van der Waals surface area contributed by atoms with Gasteiger partial charge in [0.05, 0.1) is 23.8 Å². The molecule has 1 amide bonds. The molecule has 1 fully saturated rings. The standard InChI is InChI=1S/C20H19F2N5O4S/c1-25-15-9-31-5-4-26(15)20(30)16-18(29)17(28)12(8-27(16)25)19(24)32-14(23)6-10-2-3-11(21)7-13(10)22/h2-3,7-8,15,23-24,29H,4-6,9H2,1H3. The van der Waals surface area contributed by atoms with Crippen LogP contribution in [0.5, 0.6) is 5.75 Å². The van der Waals surface area contributed by atoms with Crippen LogP contribution < -0.4 is 10.4 Å². The van der Waals surface area contributed by atoms with Crippen LogP contribution in [0.25, 0.3) is 0 Å². The normalized spacial score (nSPS) is 17.7. The zero-order chi connectivity index (χ0) is 23.2. The lowest BCUT2D eigenvalue weighted by Gasteiger charge is -2.46. The Balaban J connectivity index is 1.62. The molecule has 2 aliphatic rings. The number of fused-ring (bicyclic) bond motifs is 2. The molecule has 0 saturated carbocycles. The zero-order valence-electron chi connectivity index (χ0n) is 16.9. The SMILES string of the molecule is CN1C2COCCN2C(=O)c2c(O)c(=O)c(C(=N)SC(=N)Cc3ccc(F)cc3F)cn21. The number of thioether (sulfide) groups is 1. The number of rotatable bonds is 3. The third-order valence-corrected chi connectivity index (χ3v) is 6.15. The fourth-order valence-electron chi connectivity index (χ4n) is 3.67. The number of benzene rings is 1. The van der Waals surface area contributed by atoms with E-state index in [-0.39, 0.29) is 39.9 Å². The van der Waals surface area contributed by atoms with Gasteiger partial charge in [-0.2, -0.15) is 0 Å². The molecule has 3 heterocycles. The van der Waals surface area contributed by atoms with Gasteiger partial charge in [0, 0.05) is 32.3 Å². The molecule has 32 heavy (non-hydrogen) atoms. The summed E-state index contributed by atoms with van der Waals surface area (Å²) in [7, 11) is 1.66. The Bertz CT molecular complexity index is 1200. The third-order valence-electron chi connectivity index (χ3n) is 5.34. The number of hydrogen-bond acceptors (Lipinski definition) is 8. The van der Waals surface area contributed by atoms with Gasteiger partial charge in [0.15, 0.2) is 11.4 Å². The Morgan fingerprint density at radius 3 is 2.78 bits per heavy atom. The van der Waals surface area contributed by atoms with E-state index in [1.807, 2.05) is 0 Å². The van der Waals surface area contributed by atoms with E-state index in [9.17, 15) is 23.5 Å². The third kappa shape index (κ3) is 3.75. The number of likely N-dealkylation sites (N-methyl/N-ethyl adjacent to an activating group) is 1. The van der Waals surface area contributed by atoms with Gasteiger partial charge in [-0.05, 0) is 11.6 Å². The summed E-state index contributed by atoms with van der Waals surface area (Å²) in [5, 5.41) is 28.0. The molecule has 0 aliphatic carbocycles. The fourth-order valence-corrected chi connectivity index (χ4v) is 4.40. The molecule has 1 saturated heterocycles. The van der Waals surface area contributed by atoms with Crippen molar-refractivity contribution in [2.24, 2.45) is 0 Å². The van der Waals surface area contributed by atoms with Crippen molar-refractivity contribution in [3.8, 4) is 5.75 Å². The summed E-state index contributed by atoms with van der Waals surface area (Å²) in [6.45, 7) is 0.896. The molecule has 9 nitrogen and oxygen atoms in total. The summed E-state index contributed by atoms with van der Waals surface area (Å²) >= 11 is 0.602. The molecule has 3 N–H and O–H groups in total. The van der Waals surface area contributed by atoms with E-state index in [1.165, 1.54) is 21.8 Å². The maximum absolute atomic E-state index is 13.9. The van der Waals surface area contributed by atoms with E-state index in [0.29, 0.717) is 31.0 Å². The molecule has 1 unspecified atom stereocenters. The van der Waals surface area contributed by atoms with Crippen molar-refractivity contribution in [3.63, 3.8) is 0 Å². The number of hydrogen-bond donors (Lipinski definition) is 3. The van der Waals surface area contributed by atoms with Crippen molar-refractivity contribution in [1.29, 1.82) is 10.8 Å². The molecule has 0 radical (unpaired) electrons. The summed E-state index contributed by atoms with van der Waals surface area (Å²) < 4.78 is 33.7. The summed E-state index contributed by atoms with van der Waals surface area (Å²) in [4.78, 5) is 27.1. The van der Waals surface area contributed by atoms with Crippen LogP contribution >= 0.6 is 11.8 Å². The van der Waals surface area contributed by atoms with Crippen molar-refractivity contribution in [2.45, 2.75) is 12.6 Å². The van der Waals surface area contributed by atoms with Crippen molar-refractivity contribution in [1.82, 2.24) is 9.58 Å². The summed E-state index contributed by atoms with van der Waals surface area (Å²) in [5.74, 6) is -2.86.